The molecule has 0 bridgehead atoms. The van der Waals surface area contributed by atoms with Gasteiger partial charge in [0.05, 0.1) is 5.56 Å². The number of carbonyl (C=O) groups is 1. The average molecular weight is 326 g/mol. The lowest BCUT2D eigenvalue weighted by Crippen LogP contribution is -2.50. The van der Waals surface area contributed by atoms with Crippen LogP contribution in [0.4, 0.5) is 5.69 Å². The average Bonchev–Trinajstić information content (AvgIpc) is 2.41. The maximum absolute atomic E-state index is 12.5. The topological polar surface area (TPSA) is 49.6 Å². The maximum Gasteiger partial charge on any atom is 0.255 e. The number of carbonyl (C=O) groups excluding carboxylic acids is 1. The van der Waals surface area contributed by atoms with Gasteiger partial charge in [-0.25, -0.2) is 0 Å². The minimum absolute atomic E-state index is 0.0579. The molecule has 0 radical (unpaired) electrons. The Morgan fingerprint density at radius 2 is 1.89 bits per heavy atom. The second kappa shape index (κ2) is 5.92. The van der Waals surface area contributed by atoms with E-state index in [1.165, 1.54) is 0 Å². The third-order valence-corrected chi connectivity index (χ3v) is 4.24. The maximum atomic E-state index is 12.5. The molecule has 1 saturated heterocycles. The number of rotatable bonds is 2. The summed E-state index contributed by atoms with van der Waals surface area (Å²) in [6.45, 7) is 7.79. The highest BCUT2D eigenvalue weighted by atomic mass is 79.9. The summed E-state index contributed by atoms with van der Waals surface area (Å²) in [5.41, 5.74) is 7.03. The summed E-state index contributed by atoms with van der Waals surface area (Å²) >= 11 is 3.42. The summed E-state index contributed by atoms with van der Waals surface area (Å²) in [5.74, 6) is 0.0579. The highest BCUT2D eigenvalue weighted by molar-refractivity contribution is 9.10. The number of nitrogen functional groups attached to an aromatic ring is 1. The number of piperazine rings is 1. The molecule has 1 aliphatic rings. The number of nitrogens with zero attached hydrogens (tertiary/aromatic N) is 2. The molecule has 0 aromatic heterocycles. The van der Waals surface area contributed by atoms with E-state index in [9.17, 15) is 4.79 Å². The normalized spacial score (nSPS) is 16.9. The third-order valence-electron chi connectivity index (χ3n) is 3.55. The molecule has 1 aromatic carbocycles. The molecular formula is C14H20BrN3O. The van der Waals surface area contributed by atoms with Crippen LogP contribution in [0.1, 0.15) is 24.2 Å². The monoisotopic (exact) mass is 325 g/mol. The Kier molecular flexibility index (Phi) is 4.47. The molecular weight excluding hydrogens is 306 g/mol. The molecule has 1 fully saturated rings. The molecule has 0 aliphatic carbocycles. The van der Waals surface area contributed by atoms with Gasteiger partial charge in [0.1, 0.15) is 0 Å². The first-order chi connectivity index (χ1) is 8.99. The lowest BCUT2D eigenvalue weighted by Gasteiger charge is -2.37. The minimum Gasteiger partial charge on any atom is -0.399 e. The van der Waals surface area contributed by atoms with E-state index in [0.717, 1.165) is 30.7 Å². The number of amides is 1. The standard InChI is InChI=1S/C14H20BrN3O/c1-10(2)17-5-7-18(8-6-17)14(19)12-9-11(16)3-4-13(12)15/h3-4,9-10H,5-8,16H2,1-2H3. The molecule has 104 valence electrons. The van der Waals surface area contributed by atoms with Gasteiger partial charge in [-0.05, 0) is 48.0 Å². The molecule has 0 saturated carbocycles. The Morgan fingerprint density at radius 3 is 2.47 bits per heavy atom. The fraction of sp³-hybridized carbons (Fsp3) is 0.500. The Labute approximate surface area is 122 Å². The zero-order valence-electron chi connectivity index (χ0n) is 11.4. The molecule has 1 amide bonds. The van der Waals surface area contributed by atoms with E-state index in [1.54, 1.807) is 12.1 Å². The summed E-state index contributed by atoms with van der Waals surface area (Å²) < 4.78 is 0.804. The quantitative estimate of drug-likeness (QED) is 0.848. The van der Waals surface area contributed by atoms with E-state index in [0.29, 0.717) is 17.3 Å². The van der Waals surface area contributed by atoms with Gasteiger partial charge in [-0.1, -0.05) is 0 Å². The lowest BCUT2D eigenvalue weighted by atomic mass is 10.1. The van der Waals surface area contributed by atoms with Crippen molar-refractivity contribution in [1.29, 1.82) is 0 Å². The van der Waals surface area contributed by atoms with E-state index in [2.05, 4.69) is 34.7 Å². The smallest absolute Gasteiger partial charge is 0.255 e. The molecule has 5 heteroatoms. The second-order valence-corrected chi connectivity index (χ2v) is 6.02. The third kappa shape index (κ3) is 3.28. The van der Waals surface area contributed by atoms with E-state index < -0.39 is 0 Å². The van der Waals surface area contributed by atoms with Crippen molar-refractivity contribution in [1.82, 2.24) is 9.80 Å². The summed E-state index contributed by atoms with van der Waals surface area (Å²) in [4.78, 5) is 16.8. The fourth-order valence-corrected chi connectivity index (χ4v) is 2.73. The first kappa shape index (κ1) is 14.3. The zero-order chi connectivity index (χ0) is 14.0. The van der Waals surface area contributed by atoms with E-state index in [4.69, 9.17) is 5.73 Å². The summed E-state index contributed by atoms with van der Waals surface area (Å²) in [5, 5.41) is 0. The van der Waals surface area contributed by atoms with Gasteiger partial charge in [0.25, 0.3) is 5.91 Å². The van der Waals surface area contributed by atoms with E-state index in [-0.39, 0.29) is 5.91 Å². The van der Waals surface area contributed by atoms with Crippen molar-refractivity contribution < 1.29 is 4.79 Å². The van der Waals surface area contributed by atoms with Crippen molar-refractivity contribution >= 4 is 27.5 Å². The number of anilines is 1. The Bertz CT molecular complexity index is 468. The Balaban J connectivity index is 2.07. The molecule has 4 nitrogen and oxygen atoms in total. The van der Waals surface area contributed by atoms with Crippen molar-refractivity contribution in [2.45, 2.75) is 19.9 Å². The van der Waals surface area contributed by atoms with Crippen LogP contribution in [-0.2, 0) is 0 Å². The molecule has 1 heterocycles. The first-order valence-corrected chi connectivity index (χ1v) is 7.36. The molecule has 1 aromatic rings. The van der Waals surface area contributed by atoms with Crippen LogP contribution in [0.5, 0.6) is 0 Å². The van der Waals surface area contributed by atoms with Crippen LogP contribution in [0.3, 0.4) is 0 Å². The largest absolute Gasteiger partial charge is 0.399 e. The highest BCUT2D eigenvalue weighted by Crippen LogP contribution is 2.22. The zero-order valence-corrected chi connectivity index (χ0v) is 13.0. The van der Waals surface area contributed by atoms with Crippen LogP contribution in [0.15, 0.2) is 22.7 Å². The number of halogens is 1. The van der Waals surface area contributed by atoms with Crippen LogP contribution < -0.4 is 5.73 Å². The van der Waals surface area contributed by atoms with Crippen molar-refractivity contribution in [3.63, 3.8) is 0 Å². The van der Waals surface area contributed by atoms with Crippen molar-refractivity contribution in [2.75, 3.05) is 31.9 Å². The number of hydrogen-bond acceptors (Lipinski definition) is 3. The van der Waals surface area contributed by atoms with Crippen LogP contribution in [0, 0.1) is 0 Å². The Morgan fingerprint density at radius 1 is 1.26 bits per heavy atom. The van der Waals surface area contributed by atoms with Gasteiger partial charge in [-0.15, -0.1) is 0 Å². The van der Waals surface area contributed by atoms with Crippen molar-refractivity contribution in [3.8, 4) is 0 Å². The molecule has 0 atom stereocenters. The summed E-state index contributed by atoms with van der Waals surface area (Å²) in [7, 11) is 0. The Hall–Kier alpha value is -1.07. The second-order valence-electron chi connectivity index (χ2n) is 5.16. The van der Waals surface area contributed by atoms with Crippen molar-refractivity contribution in [3.05, 3.63) is 28.2 Å². The molecule has 0 unspecified atom stereocenters. The van der Waals surface area contributed by atoms with Crippen molar-refractivity contribution in [2.24, 2.45) is 0 Å². The number of hydrogen-bond donors (Lipinski definition) is 1. The first-order valence-electron chi connectivity index (χ1n) is 6.57. The van der Waals surface area contributed by atoms with Gasteiger partial charge >= 0.3 is 0 Å². The molecule has 0 spiro atoms. The molecule has 2 N–H and O–H groups in total. The van der Waals surface area contributed by atoms with E-state index >= 15 is 0 Å². The molecule has 1 aliphatic heterocycles. The van der Waals surface area contributed by atoms with Gasteiger partial charge in [0.15, 0.2) is 0 Å². The molecule has 2 rings (SSSR count). The van der Waals surface area contributed by atoms with Crippen LogP contribution in [0.2, 0.25) is 0 Å². The van der Waals surface area contributed by atoms with Crippen LogP contribution in [-0.4, -0.2) is 47.9 Å². The predicted octanol–water partition coefficient (Wildman–Crippen LogP) is 2.20. The summed E-state index contributed by atoms with van der Waals surface area (Å²) in [6.07, 6.45) is 0. The van der Waals surface area contributed by atoms with E-state index in [1.807, 2.05) is 11.0 Å². The minimum atomic E-state index is 0.0579. The SMILES string of the molecule is CC(C)N1CCN(C(=O)c2cc(N)ccc2Br)CC1. The van der Waals surface area contributed by atoms with Gasteiger partial charge in [0, 0.05) is 42.4 Å². The van der Waals surface area contributed by atoms with Gasteiger partial charge in [0.2, 0.25) is 0 Å². The number of benzene rings is 1. The fourth-order valence-electron chi connectivity index (χ4n) is 2.32. The van der Waals surface area contributed by atoms with Crippen LogP contribution >= 0.6 is 15.9 Å². The van der Waals surface area contributed by atoms with Gasteiger partial charge in [-0.3, -0.25) is 9.69 Å². The predicted molar refractivity (Wildman–Crippen MR) is 81.2 cm³/mol. The van der Waals surface area contributed by atoms with Crippen LogP contribution in [0.25, 0.3) is 0 Å². The molecule has 19 heavy (non-hydrogen) atoms. The number of nitrogens with two attached hydrogens (primary N) is 1. The van der Waals surface area contributed by atoms with Gasteiger partial charge in [-0.2, -0.15) is 0 Å². The lowest BCUT2D eigenvalue weighted by molar-refractivity contribution is 0.0594. The highest BCUT2D eigenvalue weighted by Gasteiger charge is 2.24. The van der Waals surface area contributed by atoms with Gasteiger partial charge < -0.3 is 10.6 Å². The summed E-state index contributed by atoms with van der Waals surface area (Å²) in [6, 6.07) is 5.89.